The summed E-state index contributed by atoms with van der Waals surface area (Å²) in [5.41, 5.74) is 1.30. The fourth-order valence-electron chi connectivity index (χ4n) is 4.89. The molecule has 0 spiro atoms. The predicted molar refractivity (Wildman–Crippen MR) is 103 cm³/mol. The summed E-state index contributed by atoms with van der Waals surface area (Å²) in [6.45, 7) is 5.89. The summed E-state index contributed by atoms with van der Waals surface area (Å²) in [5.74, 6) is -2.57. The first-order valence-electron chi connectivity index (χ1n) is 9.72. The molecule has 0 aliphatic heterocycles. The first-order chi connectivity index (χ1) is 12.9. The monoisotopic (exact) mass is 393 g/mol. The Morgan fingerprint density at radius 3 is 2.22 bits per heavy atom. The van der Waals surface area contributed by atoms with Gasteiger partial charge in [0.15, 0.2) is 0 Å². The van der Waals surface area contributed by atoms with Gasteiger partial charge in [-0.05, 0) is 63.4 Å². The van der Waals surface area contributed by atoms with Crippen LogP contribution in [-0.4, -0.2) is 29.6 Å². The van der Waals surface area contributed by atoms with E-state index < -0.39 is 23.8 Å². The van der Waals surface area contributed by atoms with Crippen LogP contribution in [0.15, 0.2) is 0 Å². The van der Waals surface area contributed by atoms with Crippen LogP contribution in [0, 0.1) is 30.6 Å². The Morgan fingerprint density at radius 1 is 1.11 bits per heavy atom. The van der Waals surface area contributed by atoms with E-state index in [1.165, 1.54) is 11.3 Å². The lowest BCUT2D eigenvalue weighted by Crippen LogP contribution is -2.49. The third-order valence-electron chi connectivity index (χ3n) is 6.09. The fraction of sp³-hybridized carbons (Fsp3) is 0.650. The number of hydrogen-bond donors (Lipinski definition) is 2. The summed E-state index contributed by atoms with van der Waals surface area (Å²) in [6.07, 6.45) is 4.25. The molecule has 4 rings (SSSR count). The minimum absolute atomic E-state index is 0.0732. The topological polar surface area (TPSA) is 92.7 Å². The zero-order valence-electron chi connectivity index (χ0n) is 16.0. The van der Waals surface area contributed by atoms with Crippen molar-refractivity contribution in [3.63, 3.8) is 0 Å². The number of carboxylic acid groups (broad SMARTS) is 1. The molecule has 0 unspecified atom stereocenters. The Bertz CT molecular complexity index is 748. The highest BCUT2D eigenvalue weighted by Crippen LogP contribution is 2.49. The van der Waals surface area contributed by atoms with Gasteiger partial charge in [0.1, 0.15) is 5.00 Å². The average molecular weight is 394 g/mol. The van der Waals surface area contributed by atoms with Crippen molar-refractivity contribution < 1.29 is 24.2 Å². The summed E-state index contributed by atoms with van der Waals surface area (Å²) in [5, 5.41) is 13.1. The molecule has 6 nitrogen and oxygen atoms in total. The van der Waals surface area contributed by atoms with Gasteiger partial charge < -0.3 is 15.2 Å². The number of esters is 1. The maximum atomic E-state index is 13.1. The van der Waals surface area contributed by atoms with E-state index in [1.54, 1.807) is 6.92 Å². The number of aryl methyl sites for hydroxylation is 1. The molecule has 2 atom stereocenters. The SMILES string of the molecule is CCOC(=O)c1c(NC(=O)[C@@H]2C3CCC(CC3)[C@@H]2C(=O)O)sc(C)c1CC. The zero-order chi connectivity index (χ0) is 19.7. The van der Waals surface area contributed by atoms with E-state index in [4.69, 9.17) is 4.74 Å². The fourth-order valence-corrected chi connectivity index (χ4v) is 6.02. The van der Waals surface area contributed by atoms with Crippen molar-refractivity contribution in [2.75, 3.05) is 11.9 Å². The van der Waals surface area contributed by atoms with Crippen molar-refractivity contribution >= 4 is 34.2 Å². The van der Waals surface area contributed by atoms with Gasteiger partial charge in [0, 0.05) is 4.88 Å². The van der Waals surface area contributed by atoms with Gasteiger partial charge in [0.25, 0.3) is 0 Å². The van der Waals surface area contributed by atoms with Gasteiger partial charge in [-0.3, -0.25) is 9.59 Å². The maximum absolute atomic E-state index is 13.1. The summed E-state index contributed by atoms with van der Waals surface area (Å²) in [7, 11) is 0. The quantitative estimate of drug-likeness (QED) is 0.716. The zero-order valence-corrected chi connectivity index (χ0v) is 16.9. The molecule has 1 aromatic rings. The van der Waals surface area contributed by atoms with E-state index in [1.807, 2.05) is 13.8 Å². The molecule has 3 saturated carbocycles. The number of rotatable bonds is 6. The Balaban J connectivity index is 1.89. The first-order valence-corrected chi connectivity index (χ1v) is 10.5. The first kappa shape index (κ1) is 19.9. The highest BCUT2D eigenvalue weighted by molar-refractivity contribution is 7.16. The van der Waals surface area contributed by atoms with Crippen LogP contribution >= 0.6 is 11.3 Å². The summed E-state index contributed by atoms with van der Waals surface area (Å²) in [4.78, 5) is 38.3. The molecule has 3 fully saturated rings. The molecule has 0 radical (unpaired) electrons. The van der Waals surface area contributed by atoms with E-state index in [9.17, 15) is 19.5 Å². The standard InChI is InChI=1S/C20H27NO5S/c1-4-13-10(3)27-18(16(13)20(25)26-5-2)21-17(22)14-11-6-8-12(9-7-11)15(14)19(23)24/h11-12,14-15H,4-9H2,1-3H3,(H,21,22)(H,23,24)/t11?,12?,14-,15+/m1/s1. The molecule has 27 heavy (non-hydrogen) atoms. The lowest BCUT2D eigenvalue weighted by molar-refractivity contribution is -0.156. The molecule has 3 aliphatic carbocycles. The van der Waals surface area contributed by atoms with Crippen LogP contribution in [0.5, 0.6) is 0 Å². The summed E-state index contributed by atoms with van der Waals surface area (Å²) in [6, 6.07) is 0. The highest BCUT2D eigenvalue weighted by atomic mass is 32.1. The van der Waals surface area contributed by atoms with Crippen molar-refractivity contribution in [1.29, 1.82) is 0 Å². The van der Waals surface area contributed by atoms with Gasteiger partial charge in [-0.2, -0.15) is 0 Å². The van der Waals surface area contributed by atoms with Gasteiger partial charge in [-0.15, -0.1) is 11.3 Å². The number of aliphatic carboxylic acids is 1. The van der Waals surface area contributed by atoms with Gasteiger partial charge in [-0.1, -0.05) is 6.92 Å². The number of nitrogens with one attached hydrogen (secondary N) is 1. The highest BCUT2D eigenvalue weighted by Gasteiger charge is 2.50. The summed E-state index contributed by atoms with van der Waals surface area (Å²) < 4.78 is 5.18. The minimum Gasteiger partial charge on any atom is -0.481 e. The van der Waals surface area contributed by atoms with Crippen LogP contribution in [-0.2, 0) is 20.7 Å². The van der Waals surface area contributed by atoms with E-state index >= 15 is 0 Å². The second-order valence-electron chi connectivity index (χ2n) is 7.47. The van der Waals surface area contributed by atoms with Gasteiger partial charge in [-0.25, -0.2) is 4.79 Å². The normalized spacial score (nSPS) is 26.6. The Morgan fingerprint density at radius 2 is 1.70 bits per heavy atom. The smallest absolute Gasteiger partial charge is 0.341 e. The number of carbonyl (C=O) groups is 3. The number of anilines is 1. The molecule has 1 amide bonds. The largest absolute Gasteiger partial charge is 0.481 e. The second kappa shape index (κ2) is 8.00. The molecular formula is C20H27NO5S. The van der Waals surface area contributed by atoms with Crippen molar-refractivity contribution in [3.05, 3.63) is 16.0 Å². The van der Waals surface area contributed by atoms with Gasteiger partial charge in [0.05, 0.1) is 24.0 Å². The molecule has 7 heteroatoms. The van der Waals surface area contributed by atoms with Crippen LogP contribution in [0.3, 0.4) is 0 Å². The van der Waals surface area contributed by atoms with E-state index in [-0.39, 0.29) is 24.3 Å². The molecule has 148 valence electrons. The Labute approximate surface area is 163 Å². The average Bonchev–Trinajstić information content (AvgIpc) is 2.96. The van der Waals surface area contributed by atoms with Crippen molar-refractivity contribution in [2.24, 2.45) is 23.7 Å². The third-order valence-corrected chi connectivity index (χ3v) is 7.15. The third kappa shape index (κ3) is 3.61. The van der Waals surface area contributed by atoms with Crippen LogP contribution in [0.25, 0.3) is 0 Å². The number of amides is 1. The molecule has 2 bridgehead atoms. The molecule has 0 saturated heterocycles. The van der Waals surface area contributed by atoms with Crippen LogP contribution in [0.4, 0.5) is 5.00 Å². The van der Waals surface area contributed by atoms with E-state index in [0.29, 0.717) is 17.0 Å². The second-order valence-corrected chi connectivity index (χ2v) is 8.69. The van der Waals surface area contributed by atoms with Gasteiger partial charge in [0.2, 0.25) is 5.91 Å². The summed E-state index contributed by atoms with van der Waals surface area (Å²) >= 11 is 1.36. The van der Waals surface area contributed by atoms with Crippen molar-refractivity contribution in [2.45, 2.75) is 52.9 Å². The molecule has 1 aromatic heterocycles. The molecular weight excluding hydrogens is 366 g/mol. The van der Waals surface area contributed by atoms with Gasteiger partial charge >= 0.3 is 11.9 Å². The Kier molecular flexibility index (Phi) is 5.89. The number of carboxylic acids is 1. The minimum atomic E-state index is -0.883. The van der Waals surface area contributed by atoms with Crippen LogP contribution in [0.1, 0.15) is 60.3 Å². The molecule has 3 aliphatic rings. The van der Waals surface area contributed by atoms with Crippen molar-refractivity contribution in [1.82, 2.24) is 0 Å². The molecule has 1 heterocycles. The van der Waals surface area contributed by atoms with E-state index in [2.05, 4.69) is 5.32 Å². The molecule has 2 N–H and O–H groups in total. The number of carbonyl (C=O) groups excluding carboxylic acids is 2. The molecule has 0 aromatic carbocycles. The maximum Gasteiger partial charge on any atom is 0.341 e. The predicted octanol–water partition coefficient (Wildman–Crippen LogP) is 3.87. The number of ether oxygens (including phenoxy) is 1. The number of fused-ring (bicyclic) bond motifs is 3. The van der Waals surface area contributed by atoms with Crippen LogP contribution < -0.4 is 5.32 Å². The number of hydrogen-bond acceptors (Lipinski definition) is 5. The number of thiophene rings is 1. The van der Waals surface area contributed by atoms with Crippen LogP contribution in [0.2, 0.25) is 0 Å². The lowest BCUT2D eigenvalue weighted by atomic mass is 9.58. The van der Waals surface area contributed by atoms with Crippen molar-refractivity contribution in [3.8, 4) is 0 Å². The Hall–Kier alpha value is -1.89. The van der Waals surface area contributed by atoms with E-state index in [0.717, 1.165) is 36.1 Å². The lowest BCUT2D eigenvalue weighted by Gasteiger charge is -2.45.